The summed E-state index contributed by atoms with van der Waals surface area (Å²) in [4.78, 5) is 3.97. The van der Waals surface area contributed by atoms with Crippen LogP contribution >= 0.6 is 0 Å². The highest BCUT2D eigenvalue weighted by atomic mass is 16.5. The molecule has 2 rings (SSSR count). The summed E-state index contributed by atoms with van der Waals surface area (Å²) in [7, 11) is 0. The number of hydrogen-bond donors (Lipinski definition) is 0. The second kappa shape index (κ2) is 2.14. The van der Waals surface area contributed by atoms with E-state index in [0.29, 0.717) is 0 Å². The van der Waals surface area contributed by atoms with Crippen LogP contribution in [0.4, 0.5) is 0 Å². The van der Waals surface area contributed by atoms with Gasteiger partial charge >= 0.3 is 0 Å². The van der Waals surface area contributed by atoms with E-state index in [1.54, 1.807) is 6.26 Å². The van der Waals surface area contributed by atoms with Crippen molar-refractivity contribution in [3.05, 3.63) is 36.1 Å². The average molecular weight is 132 g/mol. The number of hydrogen-bond acceptors (Lipinski definition) is 2. The van der Waals surface area contributed by atoms with Crippen LogP contribution in [0.2, 0.25) is 0 Å². The minimum atomic E-state index is 0.138. The van der Waals surface area contributed by atoms with Crippen LogP contribution in [0.25, 0.3) is 0 Å². The fourth-order valence-corrected chi connectivity index (χ4v) is 0.954. The Morgan fingerprint density at radius 2 is 2.50 bits per heavy atom. The van der Waals surface area contributed by atoms with Gasteiger partial charge in [-0.1, -0.05) is 24.3 Å². The maximum Gasteiger partial charge on any atom is 0.279 e. The zero-order valence-corrected chi connectivity index (χ0v) is 5.32. The predicted molar refractivity (Wildman–Crippen MR) is 38.7 cm³/mol. The van der Waals surface area contributed by atoms with E-state index in [-0.39, 0.29) is 6.04 Å². The molecule has 1 unspecified atom stereocenters. The summed E-state index contributed by atoms with van der Waals surface area (Å²) in [6.07, 6.45) is 12.0. The van der Waals surface area contributed by atoms with E-state index in [9.17, 15) is 0 Å². The third kappa shape index (κ3) is 0.778. The van der Waals surface area contributed by atoms with Crippen LogP contribution in [0.15, 0.2) is 41.1 Å². The lowest BCUT2D eigenvalue weighted by molar-refractivity contribution is 0.470. The molecule has 49 valence electrons. The molecule has 0 saturated heterocycles. The molecule has 0 aromatic heterocycles. The second-order valence-electron chi connectivity index (χ2n) is 2.14. The predicted octanol–water partition coefficient (Wildman–Crippen LogP) is 1.30. The first kappa shape index (κ1) is 5.47. The number of ether oxygens (including phenoxy) is 1. The van der Waals surface area contributed by atoms with Gasteiger partial charge in [0, 0.05) is 5.57 Å². The minimum Gasteiger partial charge on any atom is -0.443 e. The van der Waals surface area contributed by atoms with Crippen molar-refractivity contribution < 1.29 is 4.74 Å². The van der Waals surface area contributed by atoms with Crippen molar-refractivity contribution in [1.29, 1.82) is 0 Å². The van der Waals surface area contributed by atoms with Crippen LogP contribution in [0.5, 0.6) is 0 Å². The Kier molecular flexibility index (Phi) is 1.17. The molecule has 1 radical (unpaired) electrons. The Labute approximate surface area is 59.2 Å². The number of nitrogens with zero attached hydrogens (tertiary/aromatic N) is 1. The summed E-state index contributed by atoms with van der Waals surface area (Å²) in [5, 5.41) is 0. The van der Waals surface area contributed by atoms with E-state index in [4.69, 9.17) is 4.74 Å². The standard InChI is InChI=1S/C8H6NO/c1-2-4-8-7(3-1)5-10-6-9-8/h1-5,8H. The van der Waals surface area contributed by atoms with Crippen molar-refractivity contribution in [3.8, 4) is 0 Å². The molecule has 1 heterocycles. The van der Waals surface area contributed by atoms with Gasteiger partial charge in [-0.3, -0.25) is 0 Å². The molecule has 1 atom stereocenters. The molecule has 0 amide bonds. The highest BCUT2D eigenvalue weighted by molar-refractivity contribution is 5.54. The molecule has 0 aromatic rings. The van der Waals surface area contributed by atoms with Gasteiger partial charge in [-0.25, -0.2) is 4.99 Å². The number of rotatable bonds is 0. The summed E-state index contributed by atoms with van der Waals surface area (Å²) >= 11 is 0. The lowest BCUT2D eigenvalue weighted by atomic mass is 10.0. The Bertz CT molecular complexity index is 248. The molecular formula is C8H6NO. The van der Waals surface area contributed by atoms with Crippen LogP contribution in [0.3, 0.4) is 0 Å². The molecule has 0 bridgehead atoms. The third-order valence-corrected chi connectivity index (χ3v) is 1.47. The van der Waals surface area contributed by atoms with E-state index < -0.39 is 0 Å². The summed E-state index contributed by atoms with van der Waals surface area (Å²) in [6.45, 7) is 0. The van der Waals surface area contributed by atoms with Crippen molar-refractivity contribution >= 4 is 6.40 Å². The molecule has 0 saturated carbocycles. The van der Waals surface area contributed by atoms with Crippen LogP contribution in [0, 0.1) is 0 Å². The molecule has 0 spiro atoms. The van der Waals surface area contributed by atoms with Crippen molar-refractivity contribution in [2.75, 3.05) is 0 Å². The van der Waals surface area contributed by atoms with E-state index in [2.05, 4.69) is 11.4 Å². The Hall–Kier alpha value is -1.31. The van der Waals surface area contributed by atoms with Gasteiger partial charge in [0.05, 0.1) is 6.26 Å². The van der Waals surface area contributed by atoms with Crippen molar-refractivity contribution in [2.45, 2.75) is 6.04 Å². The Balaban J connectivity index is 2.33. The lowest BCUT2D eigenvalue weighted by Crippen LogP contribution is -2.10. The van der Waals surface area contributed by atoms with Crippen molar-refractivity contribution in [3.63, 3.8) is 0 Å². The molecule has 1 aliphatic heterocycles. The molecule has 0 fully saturated rings. The summed E-state index contributed by atoms with van der Waals surface area (Å²) in [6, 6.07) is 0.138. The molecule has 0 N–H and O–H groups in total. The number of aliphatic imine (C=N–C) groups is 1. The maximum atomic E-state index is 4.78. The number of allylic oxidation sites excluding steroid dienone is 2. The zero-order chi connectivity index (χ0) is 6.81. The van der Waals surface area contributed by atoms with Gasteiger partial charge in [0.1, 0.15) is 6.04 Å². The van der Waals surface area contributed by atoms with Gasteiger partial charge in [0.25, 0.3) is 6.40 Å². The zero-order valence-electron chi connectivity index (χ0n) is 5.32. The quantitative estimate of drug-likeness (QED) is 0.486. The summed E-state index contributed by atoms with van der Waals surface area (Å²) in [5.41, 5.74) is 1.08. The largest absolute Gasteiger partial charge is 0.443 e. The van der Waals surface area contributed by atoms with E-state index in [1.807, 2.05) is 24.3 Å². The smallest absolute Gasteiger partial charge is 0.279 e. The summed E-state index contributed by atoms with van der Waals surface area (Å²) in [5.74, 6) is 0. The monoisotopic (exact) mass is 132 g/mol. The molecule has 0 aromatic carbocycles. The fraction of sp³-hybridized carbons (Fsp3) is 0.125. The summed E-state index contributed by atoms with van der Waals surface area (Å²) < 4.78 is 4.78. The van der Waals surface area contributed by atoms with Crippen molar-refractivity contribution in [2.24, 2.45) is 4.99 Å². The topological polar surface area (TPSA) is 21.6 Å². The molecule has 2 heteroatoms. The minimum absolute atomic E-state index is 0.138. The lowest BCUT2D eigenvalue weighted by Gasteiger charge is -2.13. The van der Waals surface area contributed by atoms with Gasteiger partial charge < -0.3 is 4.74 Å². The molecule has 10 heavy (non-hydrogen) atoms. The first-order valence-electron chi connectivity index (χ1n) is 3.12. The SMILES string of the molecule is [C]1=NC2C=CC=CC2=CO1. The van der Waals surface area contributed by atoms with Crippen molar-refractivity contribution in [1.82, 2.24) is 0 Å². The highest BCUT2D eigenvalue weighted by Crippen LogP contribution is 2.16. The normalized spacial score (nSPS) is 27.2. The van der Waals surface area contributed by atoms with Gasteiger partial charge in [0.2, 0.25) is 0 Å². The molecule has 1 aliphatic carbocycles. The Morgan fingerprint density at radius 3 is 3.40 bits per heavy atom. The second-order valence-corrected chi connectivity index (χ2v) is 2.14. The first-order valence-corrected chi connectivity index (χ1v) is 3.12. The van der Waals surface area contributed by atoms with Gasteiger partial charge in [-0.15, -0.1) is 0 Å². The van der Waals surface area contributed by atoms with Crippen LogP contribution < -0.4 is 0 Å². The van der Waals surface area contributed by atoms with Crippen LogP contribution in [-0.4, -0.2) is 12.4 Å². The fourth-order valence-electron chi connectivity index (χ4n) is 0.954. The first-order chi connectivity index (χ1) is 4.97. The number of fused-ring (bicyclic) bond motifs is 1. The van der Waals surface area contributed by atoms with E-state index in [1.165, 1.54) is 0 Å². The van der Waals surface area contributed by atoms with E-state index in [0.717, 1.165) is 5.57 Å². The van der Waals surface area contributed by atoms with Gasteiger partial charge in [-0.05, 0) is 0 Å². The third-order valence-electron chi connectivity index (χ3n) is 1.47. The van der Waals surface area contributed by atoms with Gasteiger partial charge in [-0.2, -0.15) is 0 Å². The van der Waals surface area contributed by atoms with E-state index >= 15 is 0 Å². The van der Waals surface area contributed by atoms with Crippen LogP contribution in [0.1, 0.15) is 0 Å². The molecule has 2 aliphatic rings. The Morgan fingerprint density at radius 1 is 1.50 bits per heavy atom. The highest BCUT2D eigenvalue weighted by Gasteiger charge is 2.11. The van der Waals surface area contributed by atoms with Gasteiger partial charge in [0.15, 0.2) is 0 Å². The molecular weight excluding hydrogens is 126 g/mol. The van der Waals surface area contributed by atoms with Crippen LogP contribution in [-0.2, 0) is 4.74 Å². The maximum absolute atomic E-state index is 4.78. The average Bonchev–Trinajstić information content (AvgIpc) is 2.05. The molecule has 2 nitrogen and oxygen atoms in total.